The SMILES string of the molecule is Cc1ccc(N2CC(C(=O)N3CCCC(C(C)N)C3)CC2=O)cc1.Cl. The fraction of sp³-hybridized carbons (Fsp3) is 0.579. The lowest BCUT2D eigenvalue weighted by molar-refractivity contribution is -0.137. The van der Waals surface area contributed by atoms with Crippen LogP contribution in [0.5, 0.6) is 0 Å². The number of aryl methyl sites for hydroxylation is 1. The molecule has 138 valence electrons. The van der Waals surface area contributed by atoms with Crippen molar-refractivity contribution in [1.29, 1.82) is 0 Å². The van der Waals surface area contributed by atoms with Crippen LogP contribution in [0.25, 0.3) is 0 Å². The number of likely N-dealkylation sites (tertiary alicyclic amines) is 1. The Morgan fingerprint density at radius 2 is 1.92 bits per heavy atom. The van der Waals surface area contributed by atoms with Gasteiger partial charge in [-0.25, -0.2) is 0 Å². The fourth-order valence-electron chi connectivity index (χ4n) is 3.74. The maximum absolute atomic E-state index is 12.9. The summed E-state index contributed by atoms with van der Waals surface area (Å²) in [6, 6.07) is 8.00. The van der Waals surface area contributed by atoms with Gasteiger partial charge in [0.05, 0.1) is 5.92 Å². The number of halogens is 1. The second kappa shape index (κ2) is 8.19. The maximum atomic E-state index is 12.9. The topological polar surface area (TPSA) is 66.6 Å². The highest BCUT2D eigenvalue weighted by Crippen LogP contribution is 2.28. The largest absolute Gasteiger partial charge is 0.342 e. The Kier molecular flexibility index (Phi) is 6.47. The monoisotopic (exact) mass is 365 g/mol. The molecular weight excluding hydrogens is 338 g/mol. The third kappa shape index (κ3) is 4.33. The highest BCUT2D eigenvalue weighted by molar-refractivity contribution is 6.00. The van der Waals surface area contributed by atoms with Gasteiger partial charge in [-0.15, -0.1) is 12.4 Å². The van der Waals surface area contributed by atoms with Crippen molar-refractivity contribution in [3.05, 3.63) is 29.8 Å². The van der Waals surface area contributed by atoms with E-state index in [9.17, 15) is 9.59 Å². The Balaban J connectivity index is 0.00000225. The highest BCUT2D eigenvalue weighted by atomic mass is 35.5. The van der Waals surface area contributed by atoms with Crippen LogP contribution in [0.2, 0.25) is 0 Å². The van der Waals surface area contributed by atoms with Crippen molar-refractivity contribution >= 4 is 29.9 Å². The summed E-state index contributed by atoms with van der Waals surface area (Å²) < 4.78 is 0. The van der Waals surface area contributed by atoms with Gasteiger partial charge >= 0.3 is 0 Å². The van der Waals surface area contributed by atoms with Crippen molar-refractivity contribution in [2.45, 2.75) is 39.2 Å². The van der Waals surface area contributed by atoms with E-state index in [-0.39, 0.29) is 36.2 Å². The van der Waals surface area contributed by atoms with Crippen LogP contribution in [-0.4, -0.2) is 42.4 Å². The van der Waals surface area contributed by atoms with Gasteiger partial charge in [0.2, 0.25) is 11.8 Å². The van der Waals surface area contributed by atoms with Gasteiger partial charge in [-0.1, -0.05) is 17.7 Å². The molecule has 2 aliphatic heterocycles. The maximum Gasteiger partial charge on any atom is 0.228 e. The quantitative estimate of drug-likeness (QED) is 0.894. The smallest absolute Gasteiger partial charge is 0.228 e. The number of hydrogen-bond acceptors (Lipinski definition) is 3. The molecule has 3 unspecified atom stereocenters. The Morgan fingerprint density at radius 3 is 2.56 bits per heavy atom. The van der Waals surface area contributed by atoms with E-state index in [1.165, 1.54) is 0 Å². The number of amides is 2. The van der Waals surface area contributed by atoms with Crippen LogP contribution in [0.15, 0.2) is 24.3 Å². The predicted octanol–water partition coefficient (Wildman–Crippen LogP) is 2.36. The molecule has 0 aromatic heterocycles. The van der Waals surface area contributed by atoms with E-state index in [1.54, 1.807) is 4.90 Å². The van der Waals surface area contributed by atoms with Gasteiger partial charge < -0.3 is 15.5 Å². The standard InChI is InChI=1S/C19H27N3O2.ClH/c1-13-5-7-17(8-6-13)22-12-16(10-18(22)23)19(24)21-9-3-4-15(11-21)14(2)20;/h5-8,14-16H,3-4,9-12,20H2,1-2H3;1H. The number of hydrogen-bond donors (Lipinski definition) is 1. The molecule has 2 N–H and O–H groups in total. The summed E-state index contributed by atoms with van der Waals surface area (Å²) in [5.74, 6) is 0.292. The minimum absolute atomic E-state index is 0. The van der Waals surface area contributed by atoms with Gasteiger partial charge in [0.1, 0.15) is 0 Å². The van der Waals surface area contributed by atoms with Crippen molar-refractivity contribution in [1.82, 2.24) is 4.90 Å². The van der Waals surface area contributed by atoms with Crippen LogP contribution < -0.4 is 10.6 Å². The molecule has 2 fully saturated rings. The van der Waals surface area contributed by atoms with Gasteiger partial charge in [0, 0.05) is 37.8 Å². The number of anilines is 1. The van der Waals surface area contributed by atoms with Crippen molar-refractivity contribution in [2.75, 3.05) is 24.5 Å². The Bertz CT molecular complexity index is 618. The van der Waals surface area contributed by atoms with Crippen LogP contribution in [0.3, 0.4) is 0 Å². The molecule has 0 saturated carbocycles. The molecule has 0 radical (unpaired) electrons. The van der Waals surface area contributed by atoms with E-state index in [0.717, 1.165) is 37.2 Å². The molecule has 0 spiro atoms. The third-order valence-corrected chi connectivity index (χ3v) is 5.33. The molecule has 2 heterocycles. The second-order valence-corrected chi connectivity index (χ2v) is 7.29. The summed E-state index contributed by atoms with van der Waals surface area (Å²) in [6.07, 6.45) is 2.40. The molecule has 1 aromatic rings. The first-order valence-electron chi connectivity index (χ1n) is 8.87. The van der Waals surface area contributed by atoms with E-state index >= 15 is 0 Å². The number of piperidine rings is 1. The van der Waals surface area contributed by atoms with Crippen molar-refractivity contribution in [2.24, 2.45) is 17.6 Å². The highest BCUT2D eigenvalue weighted by Gasteiger charge is 2.38. The average Bonchev–Trinajstić information content (AvgIpc) is 2.97. The lowest BCUT2D eigenvalue weighted by atomic mass is 9.91. The summed E-state index contributed by atoms with van der Waals surface area (Å²) in [5, 5.41) is 0. The zero-order valence-corrected chi connectivity index (χ0v) is 15.8. The van der Waals surface area contributed by atoms with Gasteiger partial charge in [-0.3, -0.25) is 9.59 Å². The average molecular weight is 366 g/mol. The first kappa shape index (κ1) is 19.7. The number of rotatable bonds is 3. The minimum atomic E-state index is -0.231. The van der Waals surface area contributed by atoms with Crippen LogP contribution in [0.1, 0.15) is 31.7 Å². The zero-order chi connectivity index (χ0) is 17.3. The van der Waals surface area contributed by atoms with Gasteiger partial charge in [-0.05, 0) is 44.7 Å². The number of benzene rings is 1. The van der Waals surface area contributed by atoms with Crippen molar-refractivity contribution < 1.29 is 9.59 Å². The predicted molar refractivity (Wildman–Crippen MR) is 102 cm³/mol. The lowest BCUT2D eigenvalue weighted by Crippen LogP contribution is -2.47. The van der Waals surface area contributed by atoms with Crippen molar-refractivity contribution in [3.8, 4) is 0 Å². The first-order valence-corrected chi connectivity index (χ1v) is 8.87. The molecular formula is C19H28ClN3O2. The summed E-state index contributed by atoms with van der Waals surface area (Å²) in [5.41, 5.74) is 8.06. The number of carbonyl (C=O) groups is 2. The van der Waals surface area contributed by atoms with E-state index in [2.05, 4.69) is 0 Å². The Morgan fingerprint density at radius 1 is 1.24 bits per heavy atom. The molecule has 6 heteroatoms. The summed E-state index contributed by atoms with van der Waals surface area (Å²) in [6.45, 7) is 6.03. The van der Waals surface area contributed by atoms with Crippen molar-refractivity contribution in [3.63, 3.8) is 0 Å². The molecule has 2 saturated heterocycles. The van der Waals surface area contributed by atoms with Crippen LogP contribution in [0, 0.1) is 18.8 Å². The van der Waals surface area contributed by atoms with E-state index in [4.69, 9.17) is 5.73 Å². The summed E-state index contributed by atoms with van der Waals surface area (Å²) >= 11 is 0. The molecule has 3 rings (SSSR count). The number of nitrogens with zero attached hydrogens (tertiary/aromatic N) is 2. The molecule has 2 aliphatic rings. The normalized spacial score (nSPS) is 24.8. The molecule has 3 atom stereocenters. The van der Waals surface area contributed by atoms with E-state index in [0.29, 0.717) is 18.9 Å². The van der Waals surface area contributed by atoms with Gasteiger partial charge in [-0.2, -0.15) is 0 Å². The first-order chi connectivity index (χ1) is 11.5. The van der Waals surface area contributed by atoms with Gasteiger partial charge in [0.15, 0.2) is 0 Å². The van der Waals surface area contributed by atoms with Gasteiger partial charge in [0.25, 0.3) is 0 Å². The third-order valence-electron chi connectivity index (χ3n) is 5.33. The molecule has 0 bridgehead atoms. The Hall–Kier alpha value is -1.59. The Labute approximate surface area is 155 Å². The summed E-state index contributed by atoms with van der Waals surface area (Å²) in [7, 11) is 0. The van der Waals surface area contributed by atoms with Crippen LogP contribution >= 0.6 is 12.4 Å². The molecule has 2 amide bonds. The fourth-order valence-corrected chi connectivity index (χ4v) is 3.74. The molecule has 5 nitrogen and oxygen atoms in total. The second-order valence-electron chi connectivity index (χ2n) is 7.29. The van der Waals surface area contributed by atoms with E-state index in [1.807, 2.05) is 43.0 Å². The number of nitrogens with two attached hydrogens (primary N) is 1. The minimum Gasteiger partial charge on any atom is -0.342 e. The van der Waals surface area contributed by atoms with Crippen LogP contribution in [-0.2, 0) is 9.59 Å². The lowest BCUT2D eigenvalue weighted by Gasteiger charge is -2.35. The molecule has 25 heavy (non-hydrogen) atoms. The van der Waals surface area contributed by atoms with E-state index < -0.39 is 0 Å². The molecule has 0 aliphatic carbocycles. The number of carbonyl (C=O) groups excluding carboxylic acids is 2. The van der Waals surface area contributed by atoms with Crippen LogP contribution in [0.4, 0.5) is 5.69 Å². The summed E-state index contributed by atoms with van der Waals surface area (Å²) in [4.78, 5) is 28.9. The zero-order valence-electron chi connectivity index (χ0n) is 15.0. The molecule has 1 aromatic carbocycles.